The third-order valence-electron chi connectivity index (χ3n) is 2.23. The summed E-state index contributed by atoms with van der Waals surface area (Å²) in [7, 11) is 1.38. The van der Waals surface area contributed by atoms with E-state index in [0.29, 0.717) is 6.29 Å². The molecule has 2 unspecified atom stereocenters. The van der Waals surface area contributed by atoms with Gasteiger partial charge < -0.3 is 14.2 Å². The van der Waals surface area contributed by atoms with E-state index in [4.69, 9.17) is 20.6 Å². The van der Waals surface area contributed by atoms with E-state index in [1.807, 2.05) is 0 Å². The number of methoxy groups -OCH3 is 1. The van der Waals surface area contributed by atoms with Crippen molar-refractivity contribution in [1.82, 2.24) is 0 Å². The van der Waals surface area contributed by atoms with Crippen molar-refractivity contribution in [3.63, 3.8) is 0 Å². The van der Waals surface area contributed by atoms with Crippen LogP contribution in [0.1, 0.15) is 13.8 Å². The molecule has 0 aromatic rings. The summed E-state index contributed by atoms with van der Waals surface area (Å²) in [4.78, 5) is 10.9. The standard InChI is InChI=1S/C10H14O4/c1-5-10(7-11,12-4)8-6-13-9(2,3)14-8/h1,7-8H,6H2,2-4H3. The molecule has 0 amide bonds. The van der Waals surface area contributed by atoms with Crippen molar-refractivity contribution in [3.05, 3.63) is 0 Å². The third kappa shape index (κ3) is 1.80. The average Bonchev–Trinajstić information content (AvgIpc) is 2.51. The van der Waals surface area contributed by atoms with Gasteiger partial charge in [0.15, 0.2) is 12.1 Å². The van der Waals surface area contributed by atoms with Crippen molar-refractivity contribution in [2.45, 2.75) is 31.3 Å². The van der Waals surface area contributed by atoms with Gasteiger partial charge in [-0.1, -0.05) is 5.92 Å². The van der Waals surface area contributed by atoms with Crippen molar-refractivity contribution in [1.29, 1.82) is 0 Å². The Morgan fingerprint density at radius 1 is 1.71 bits per heavy atom. The van der Waals surface area contributed by atoms with E-state index in [9.17, 15) is 4.79 Å². The van der Waals surface area contributed by atoms with Crippen molar-refractivity contribution < 1.29 is 19.0 Å². The lowest BCUT2D eigenvalue weighted by Gasteiger charge is -2.26. The molecule has 1 saturated heterocycles. The van der Waals surface area contributed by atoms with Crippen molar-refractivity contribution in [3.8, 4) is 12.3 Å². The summed E-state index contributed by atoms with van der Waals surface area (Å²) in [5, 5.41) is 0. The van der Waals surface area contributed by atoms with Gasteiger partial charge >= 0.3 is 0 Å². The minimum absolute atomic E-state index is 0.254. The Morgan fingerprint density at radius 3 is 2.64 bits per heavy atom. The second-order valence-corrected chi connectivity index (χ2v) is 3.58. The largest absolute Gasteiger partial charge is 0.356 e. The summed E-state index contributed by atoms with van der Waals surface area (Å²) in [6.07, 6.45) is 5.28. The van der Waals surface area contributed by atoms with E-state index in [1.54, 1.807) is 13.8 Å². The second-order valence-electron chi connectivity index (χ2n) is 3.58. The highest BCUT2D eigenvalue weighted by Gasteiger charge is 2.46. The predicted molar refractivity (Wildman–Crippen MR) is 49.5 cm³/mol. The van der Waals surface area contributed by atoms with Crippen LogP contribution in [0.5, 0.6) is 0 Å². The first kappa shape index (κ1) is 11.2. The highest BCUT2D eigenvalue weighted by Crippen LogP contribution is 2.29. The summed E-state index contributed by atoms with van der Waals surface area (Å²) < 4.78 is 15.8. The Morgan fingerprint density at radius 2 is 2.36 bits per heavy atom. The first-order valence-corrected chi connectivity index (χ1v) is 4.30. The normalized spacial score (nSPS) is 29.1. The van der Waals surface area contributed by atoms with Crippen LogP contribution in [0.15, 0.2) is 0 Å². The molecule has 0 N–H and O–H groups in total. The minimum atomic E-state index is -1.34. The average molecular weight is 198 g/mol. The topological polar surface area (TPSA) is 44.8 Å². The summed E-state index contributed by atoms with van der Waals surface area (Å²) in [5.41, 5.74) is -1.34. The zero-order chi connectivity index (χ0) is 10.8. The molecule has 14 heavy (non-hydrogen) atoms. The minimum Gasteiger partial charge on any atom is -0.356 e. The first-order valence-electron chi connectivity index (χ1n) is 4.30. The van der Waals surface area contributed by atoms with E-state index in [0.717, 1.165) is 0 Å². The van der Waals surface area contributed by atoms with Gasteiger partial charge in [0.2, 0.25) is 5.60 Å². The molecule has 4 nitrogen and oxygen atoms in total. The van der Waals surface area contributed by atoms with Gasteiger partial charge in [0, 0.05) is 7.11 Å². The maximum Gasteiger partial charge on any atom is 0.212 e. The molecular formula is C10H14O4. The molecule has 0 radical (unpaired) electrons. The predicted octanol–water partition coefficient (Wildman–Crippen LogP) is 0.355. The molecule has 2 atom stereocenters. The molecule has 1 aliphatic heterocycles. The Balaban J connectivity index is 2.84. The Bertz CT molecular complexity index is 266. The van der Waals surface area contributed by atoms with Crippen LogP contribution < -0.4 is 0 Å². The fraction of sp³-hybridized carbons (Fsp3) is 0.700. The van der Waals surface area contributed by atoms with E-state index >= 15 is 0 Å². The molecule has 1 fully saturated rings. The first-order chi connectivity index (χ1) is 6.49. The van der Waals surface area contributed by atoms with Gasteiger partial charge in [0.1, 0.15) is 6.10 Å². The van der Waals surface area contributed by atoms with Crippen LogP contribution in [0.25, 0.3) is 0 Å². The highest BCUT2D eigenvalue weighted by molar-refractivity contribution is 5.69. The van der Waals surface area contributed by atoms with Crippen molar-refractivity contribution >= 4 is 6.29 Å². The molecule has 1 aliphatic rings. The lowest BCUT2D eigenvalue weighted by molar-refractivity contribution is -0.166. The van der Waals surface area contributed by atoms with Gasteiger partial charge in [0.05, 0.1) is 6.61 Å². The third-order valence-corrected chi connectivity index (χ3v) is 2.23. The number of hydrogen-bond donors (Lipinski definition) is 0. The van der Waals surface area contributed by atoms with Crippen molar-refractivity contribution in [2.75, 3.05) is 13.7 Å². The SMILES string of the molecule is C#CC(C=O)(OC)C1COC(C)(C)O1. The molecule has 0 saturated carbocycles. The molecule has 4 heteroatoms. The summed E-state index contributed by atoms with van der Waals surface area (Å²) in [6, 6.07) is 0. The van der Waals surface area contributed by atoms with Crippen LogP contribution in [0.4, 0.5) is 0 Å². The van der Waals surface area contributed by atoms with Crippen LogP contribution in [-0.2, 0) is 19.0 Å². The van der Waals surface area contributed by atoms with Crippen LogP contribution >= 0.6 is 0 Å². The molecule has 1 heterocycles. The summed E-state index contributed by atoms with van der Waals surface area (Å²) >= 11 is 0. The van der Waals surface area contributed by atoms with Crippen LogP contribution in [-0.4, -0.2) is 37.5 Å². The summed E-state index contributed by atoms with van der Waals surface area (Å²) in [5.74, 6) is 1.59. The van der Waals surface area contributed by atoms with Gasteiger partial charge in [-0.3, -0.25) is 4.79 Å². The molecule has 78 valence electrons. The van der Waals surface area contributed by atoms with Crippen LogP contribution in [0.2, 0.25) is 0 Å². The number of terminal acetylenes is 1. The van der Waals surface area contributed by atoms with Crippen LogP contribution in [0.3, 0.4) is 0 Å². The Hall–Kier alpha value is -0.890. The molecule has 1 rings (SSSR count). The number of hydrogen-bond acceptors (Lipinski definition) is 4. The van der Waals surface area contributed by atoms with E-state index < -0.39 is 17.5 Å². The highest BCUT2D eigenvalue weighted by atomic mass is 16.8. The zero-order valence-electron chi connectivity index (χ0n) is 8.57. The maximum absolute atomic E-state index is 10.9. The second kappa shape index (κ2) is 3.70. The number of rotatable bonds is 3. The Labute approximate surface area is 83.5 Å². The Kier molecular flexibility index (Phi) is 2.95. The quantitative estimate of drug-likeness (QED) is 0.485. The van der Waals surface area contributed by atoms with Gasteiger partial charge in [0.25, 0.3) is 0 Å². The molecule has 0 bridgehead atoms. The van der Waals surface area contributed by atoms with E-state index in [1.165, 1.54) is 7.11 Å². The number of aldehydes is 1. The van der Waals surface area contributed by atoms with Crippen molar-refractivity contribution in [2.24, 2.45) is 0 Å². The lowest BCUT2D eigenvalue weighted by Crippen LogP contribution is -2.46. The van der Waals surface area contributed by atoms with Crippen LogP contribution in [0, 0.1) is 12.3 Å². The monoisotopic (exact) mass is 198 g/mol. The molecule has 0 aromatic heterocycles. The van der Waals surface area contributed by atoms with E-state index in [-0.39, 0.29) is 6.61 Å². The van der Waals surface area contributed by atoms with Gasteiger partial charge in [-0.2, -0.15) is 0 Å². The smallest absolute Gasteiger partial charge is 0.212 e. The summed E-state index contributed by atoms with van der Waals surface area (Å²) in [6.45, 7) is 3.77. The van der Waals surface area contributed by atoms with Gasteiger partial charge in [-0.15, -0.1) is 6.42 Å². The number of carbonyl (C=O) groups excluding carboxylic acids is 1. The molecule has 0 aromatic carbocycles. The number of ether oxygens (including phenoxy) is 3. The molecular weight excluding hydrogens is 184 g/mol. The van der Waals surface area contributed by atoms with Gasteiger partial charge in [-0.05, 0) is 13.8 Å². The number of carbonyl (C=O) groups is 1. The maximum atomic E-state index is 10.9. The lowest BCUT2D eigenvalue weighted by atomic mass is 10.00. The zero-order valence-corrected chi connectivity index (χ0v) is 8.57. The molecule has 0 spiro atoms. The van der Waals surface area contributed by atoms with E-state index in [2.05, 4.69) is 5.92 Å². The molecule has 0 aliphatic carbocycles. The fourth-order valence-corrected chi connectivity index (χ4v) is 1.34. The fourth-order valence-electron chi connectivity index (χ4n) is 1.34. The van der Waals surface area contributed by atoms with Gasteiger partial charge in [-0.25, -0.2) is 0 Å².